The zero-order valence-electron chi connectivity index (χ0n) is 19.1. The summed E-state index contributed by atoms with van der Waals surface area (Å²) in [6, 6.07) is 10.1. The second kappa shape index (κ2) is 8.63. The van der Waals surface area contributed by atoms with E-state index in [0.717, 1.165) is 11.6 Å². The Morgan fingerprint density at radius 2 is 1.92 bits per heavy atom. The third kappa shape index (κ3) is 4.21. The first-order valence-electron chi connectivity index (χ1n) is 10.8. The highest BCUT2D eigenvalue weighted by Crippen LogP contribution is 2.34. The summed E-state index contributed by atoms with van der Waals surface area (Å²) in [4.78, 5) is 35.0. The third-order valence-corrected chi connectivity index (χ3v) is 5.67. The van der Waals surface area contributed by atoms with Gasteiger partial charge in [-0.3, -0.25) is 14.2 Å². The van der Waals surface area contributed by atoms with Gasteiger partial charge >= 0.3 is 6.18 Å². The van der Waals surface area contributed by atoms with E-state index in [1.54, 1.807) is 13.0 Å². The Kier molecular flexibility index (Phi) is 5.58. The first-order valence-corrected chi connectivity index (χ1v) is 10.8. The summed E-state index contributed by atoms with van der Waals surface area (Å²) in [5.41, 5.74) is 0.175. The summed E-state index contributed by atoms with van der Waals surface area (Å²) in [5.74, 6) is -0.114. The number of nitrogens with zero attached hydrogens (tertiary/aromatic N) is 5. The van der Waals surface area contributed by atoms with Crippen LogP contribution in [0.3, 0.4) is 0 Å². The molecular weight excluding hydrogens is 477 g/mol. The number of fused-ring (bicyclic) bond motifs is 3. The Morgan fingerprint density at radius 1 is 1.14 bits per heavy atom. The molecule has 0 aliphatic carbocycles. The highest BCUT2D eigenvalue weighted by atomic mass is 19.4. The fraction of sp³-hybridized carbons (Fsp3) is 0.208. The Hall–Kier alpha value is -4.48. The molecule has 3 heterocycles. The first-order chi connectivity index (χ1) is 17.1. The van der Waals surface area contributed by atoms with Crippen molar-refractivity contribution in [3.05, 3.63) is 82.0 Å². The average Bonchev–Trinajstić information content (AvgIpc) is 3.36. The standard InChI is InChI=1S/C24H19F3N6O3/c1-13-7-8-18-15(9-13)21-22(23(35)32(12-28-21)11-20-29-14(2)31-36-20)33(18)10-19(34)30-17-6-4-3-5-16(17)24(25,26)27/h3-9,12H,10-11H2,1-2H3,(H,30,34). The molecule has 0 fully saturated rings. The molecule has 0 aliphatic rings. The molecule has 0 aliphatic heterocycles. The van der Waals surface area contributed by atoms with Crippen LogP contribution in [0.5, 0.6) is 0 Å². The minimum absolute atomic E-state index is 0.0334. The quantitative estimate of drug-likeness (QED) is 0.393. The number of carbonyl (C=O) groups is 1. The highest BCUT2D eigenvalue weighted by molar-refractivity contribution is 6.06. The van der Waals surface area contributed by atoms with E-state index in [9.17, 15) is 22.8 Å². The third-order valence-electron chi connectivity index (χ3n) is 5.67. The maximum absolute atomic E-state index is 13.5. The van der Waals surface area contributed by atoms with Gasteiger partial charge in [-0.15, -0.1) is 0 Å². The Labute approximate surface area is 201 Å². The summed E-state index contributed by atoms with van der Waals surface area (Å²) in [6.07, 6.45) is -3.28. The number of para-hydroxylation sites is 1. The van der Waals surface area contributed by atoms with E-state index in [1.165, 1.54) is 33.7 Å². The van der Waals surface area contributed by atoms with Crippen LogP contribution in [-0.2, 0) is 24.1 Å². The van der Waals surface area contributed by atoms with Crippen LogP contribution in [0.1, 0.15) is 22.8 Å². The van der Waals surface area contributed by atoms with Gasteiger partial charge in [0, 0.05) is 5.39 Å². The molecule has 5 rings (SSSR count). The second-order valence-electron chi connectivity index (χ2n) is 8.31. The number of anilines is 1. The van der Waals surface area contributed by atoms with Crippen LogP contribution in [0, 0.1) is 13.8 Å². The van der Waals surface area contributed by atoms with Gasteiger partial charge < -0.3 is 14.4 Å². The van der Waals surface area contributed by atoms with Crippen molar-refractivity contribution in [3.63, 3.8) is 0 Å². The van der Waals surface area contributed by atoms with E-state index in [1.807, 2.05) is 19.1 Å². The number of hydrogen-bond donors (Lipinski definition) is 1. The van der Waals surface area contributed by atoms with Crippen molar-refractivity contribution < 1.29 is 22.5 Å². The second-order valence-corrected chi connectivity index (χ2v) is 8.31. The molecule has 0 saturated carbocycles. The smallest absolute Gasteiger partial charge is 0.337 e. The lowest BCUT2D eigenvalue weighted by molar-refractivity contribution is -0.137. The van der Waals surface area contributed by atoms with Gasteiger partial charge in [0.2, 0.25) is 11.8 Å². The molecule has 0 atom stereocenters. The number of aromatic nitrogens is 5. The van der Waals surface area contributed by atoms with Crippen molar-refractivity contribution in [3.8, 4) is 0 Å². The van der Waals surface area contributed by atoms with Crippen molar-refractivity contribution in [2.45, 2.75) is 33.1 Å². The summed E-state index contributed by atoms with van der Waals surface area (Å²) in [7, 11) is 0. The zero-order valence-corrected chi connectivity index (χ0v) is 19.1. The molecule has 184 valence electrons. The molecule has 0 bridgehead atoms. The van der Waals surface area contributed by atoms with Crippen LogP contribution < -0.4 is 10.9 Å². The molecule has 9 nitrogen and oxygen atoms in total. The Balaban J connectivity index is 1.59. The van der Waals surface area contributed by atoms with Gasteiger partial charge in [0.15, 0.2) is 5.82 Å². The van der Waals surface area contributed by atoms with Gasteiger partial charge in [0.1, 0.15) is 24.1 Å². The maximum Gasteiger partial charge on any atom is 0.418 e. The Morgan fingerprint density at radius 3 is 2.64 bits per heavy atom. The number of alkyl halides is 3. The predicted octanol–water partition coefficient (Wildman–Crippen LogP) is 4.06. The van der Waals surface area contributed by atoms with Crippen LogP contribution in [0.2, 0.25) is 0 Å². The molecule has 5 aromatic rings. The van der Waals surface area contributed by atoms with Crippen LogP contribution >= 0.6 is 0 Å². The van der Waals surface area contributed by atoms with Crippen LogP contribution in [0.4, 0.5) is 18.9 Å². The van der Waals surface area contributed by atoms with E-state index in [-0.39, 0.29) is 23.6 Å². The molecule has 0 saturated heterocycles. The lowest BCUT2D eigenvalue weighted by Gasteiger charge is -2.14. The van der Waals surface area contributed by atoms with E-state index >= 15 is 0 Å². The van der Waals surface area contributed by atoms with Crippen LogP contribution in [0.15, 0.2) is 58.1 Å². The van der Waals surface area contributed by atoms with Gasteiger partial charge in [-0.2, -0.15) is 18.2 Å². The Bertz CT molecular complexity index is 1680. The molecule has 1 amide bonds. The van der Waals surface area contributed by atoms with E-state index in [2.05, 4.69) is 20.4 Å². The highest BCUT2D eigenvalue weighted by Gasteiger charge is 2.33. The number of carbonyl (C=O) groups excluding carboxylic acids is 1. The molecule has 0 spiro atoms. The van der Waals surface area contributed by atoms with Crippen molar-refractivity contribution >= 4 is 33.5 Å². The van der Waals surface area contributed by atoms with Gasteiger partial charge in [-0.05, 0) is 38.1 Å². The minimum atomic E-state index is -4.64. The zero-order chi connectivity index (χ0) is 25.6. The summed E-state index contributed by atoms with van der Waals surface area (Å²) in [5, 5.41) is 6.69. The molecular formula is C24H19F3N6O3. The fourth-order valence-electron chi connectivity index (χ4n) is 4.11. The van der Waals surface area contributed by atoms with Crippen molar-refractivity contribution in [1.29, 1.82) is 0 Å². The van der Waals surface area contributed by atoms with Gasteiger partial charge in [0.25, 0.3) is 5.56 Å². The monoisotopic (exact) mass is 496 g/mol. The fourth-order valence-corrected chi connectivity index (χ4v) is 4.11. The largest absolute Gasteiger partial charge is 0.418 e. The van der Waals surface area contributed by atoms with Crippen molar-refractivity contribution in [2.24, 2.45) is 0 Å². The van der Waals surface area contributed by atoms with E-state index in [0.29, 0.717) is 22.2 Å². The number of rotatable bonds is 5. The lowest BCUT2D eigenvalue weighted by Crippen LogP contribution is -2.26. The summed E-state index contributed by atoms with van der Waals surface area (Å²) >= 11 is 0. The topological polar surface area (TPSA) is 108 Å². The number of benzene rings is 2. The van der Waals surface area contributed by atoms with Gasteiger partial charge in [-0.25, -0.2) is 4.98 Å². The number of aryl methyl sites for hydroxylation is 2. The molecule has 0 radical (unpaired) electrons. The molecule has 3 aromatic heterocycles. The van der Waals surface area contributed by atoms with E-state index < -0.39 is 29.8 Å². The van der Waals surface area contributed by atoms with Gasteiger partial charge in [-0.1, -0.05) is 28.9 Å². The minimum Gasteiger partial charge on any atom is -0.337 e. The number of amides is 1. The molecule has 36 heavy (non-hydrogen) atoms. The summed E-state index contributed by atoms with van der Waals surface area (Å²) < 4.78 is 48.0. The van der Waals surface area contributed by atoms with Crippen LogP contribution in [0.25, 0.3) is 21.9 Å². The summed E-state index contributed by atoms with van der Waals surface area (Å²) in [6.45, 7) is 3.08. The predicted molar refractivity (Wildman–Crippen MR) is 124 cm³/mol. The van der Waals surface area contributed by atoms with Gasteiger partial charge in [0.05, 0.1) is 23.1 Å². The molecule has 1 N–H and O–H groups in total. The number of hydrogen-bond acceptors (Lipinski definition) is 6. The SMILES string of the molecule is Cc1ccc2c(c1)c1ncn(Cc3nc(C)no3)c(=O)c1n2CC(=O)Nc1ccccc1C(F)(F)F. The van der Waals surface area contributed by atoms with Crippen molar-refractivity contribution in [2.75, 3.05) is 5.32 Å². The lowest BCUT2D eigenvalue weighted by atomic mass is 10.1. The normalized spacial score (nSPS) is 11.9. The molecule has 12 heteroatoms. The van der Waals surface area contributed by atoms with Crippen LogP contribution in [-0.4, -0.2) is 30.2 Å². The molecule has 2 aromatic carbocycles. The van der Waals surface area contributed by atoms with E-state index in [4.69, 9.17) is 4.52 Å². The maximum atomic E-state index is 13.5. The average molecular weight is 496 g/mol. The number of halogens is 3. The number of nitrogens with one attached hydrogen (secondary N) is 1. The van der Waals surface area contributed by atoms with Crippen molar-refractivity contribution in [1.82, 2.24) is 24.3 Å². The molecule has 0 unspecified atom stereocenters. The first kappa shape index (κ1) is 23.3.